The van der Waals surface area contributed by atoms with Crippen molar-refractivity contribution in [3.63, 3.8) is 0 Å². The van der Waals surface area contributed by atoms with Crippen LogP contribution in [0.1, 0.15) is 33.6 Å². The van der Waals surface area contributed by atoms with Crippen molar-refractivity contribution < 1.29 is 4.74 Å². The monoisotopic (exact) mass is 263 g/mol. The summed E-state index contributed by atoms with van der Waals surface area (Å²) in [5.41, 5.74) is 5.83. The molecule has 2 atom stereocenters. The lowest BCUT2D eigenvalue weighted by molar-refractivity contribution is 0.240. The number of nitrogens with two attached hydrogens (primary N) is 1. The van der Waals surface area contributed by atoms with Crippen LogP contribution < -0.4 is 15.4 Å². The zero-order chi connectivity index (χ0) is 13.8. The SMILES string of the molecule is CC(C)Oc1cccnc1N1CC(CN)CCC1C. The van der Waals surface area contributed by atoms with E-state index in [0.717, 1.165) is 24.7 Å². The van der Waals surface area contributed by atoms with Gasteiger partial charge in [-0.1, -0.05) is 0 Å². The van der Waals surface area contributed by atoms with Crippen molar-refractivity contribution in [1.82, 2.24) is 4.98 Å². The second kappa shape index (κ2) is 6.24. The Kier molecular flexibility index (Phi) is 4.64. The van der Waals surface area contributed by atoms with Crippen molar-refractivity contribution in [2.75, 3.05) is 18.0 Å². The van der Waals surface area contributed by atoms with Crippen molar-refractivity contribution in [3.8, 4) is 5.75 Å². The summed E-state index contributed by atoms with van der Waals surface area (Å²) < 4.78 is 5.88. The highest BCUT2D eigenvalue weighted by molar-refractivity contribution is 5.53. The predicted octanol–water partition coefficient (Wildman–Crippen LogP) is 2.43. The third-order valence-electron chi connectivity index (χ3n) is 3.70. The number of aromatic nitrogens is 1. The van der Waals surface area contributed by atoms with Gasteiger partial charge in [-0.25, -0.2) is 4.98 Å². The van der Waals surface area contributed by atoms with Crippen molar-refractivity contribution in [2.45, 2.75) is 45.8 Å². The van der Waals surface area contributed by atoms with E-state index in [4.69, 9.17) is 10.5 Å². The molecule has 1 aromatic rings. The van der Waals surface area contributed by atoms with Gasteiger partial charge in [0.25, 0.3) is 0 Å². The van der Waals surface area contributed by atoms with Gasteiger partial charge in [-0.3, -0.25) is 0 Å². The first-order chi connectivity index (χ1) is 9.11. The van der Waals surface area contributed by atoms with E-state index in [1.165, 1.54) is 12.8 Å². The van der Waals surface area contributed by atoms with E-state index in [1.807, 2.05) is 32.2 Å². The van der Waals surface area contributed by atoms with Gasteiger partial charge in [-0.05, 0) is 58.2 Å². The van der Waals surface area contributed by atoms with Gasteiger partial charge >= 0.3 is 0 Å². The number of nitrogens with zero attached hydrogens (tertiary/aromatic N) is 2. The summed E-state index contributed by atoms with van der Waals surface area (Å²) in [7, 11) is 0. The normalized spacial score (nSPS) is 23.7. The second-order valence-corrected chi connectivity index (χ2v) is 5.67. The molecule has 0 spiro atoms. The highest BCUT2D eigenvalue weighted by atomic mass is 16.5. The van der Waals surface area contributed by atoms with Gasteiger partial charge in [0.15, 0.2) is 11.6 Å². The van der Waals surface area contributed by atoms with E-state index in [2.05, 4.69) is 16.8 Å². The van der Waals surface area contributed by atoms with Crippen molar-refractivity contribution in [1.29, 1.82) is 0 Å². The molecular formula is C15H25N3O. The zero-order valence-electron chi connectivity index (χ0n) is 12.2. The second-order valence-electron chi connectivity index (χ2n) is 5.67. The summed E-state index contributed by atoms with van der Waals surface area (Å²) in [6.45, 7) is 8.05. The van der Waals surface area contributed by atoms with Crippen LogP contribution in [0.5, 0.6) is 5.75 Å². The summed E-state index contributed by atoms with van der Waals surface area (Å²) in [6, 6.07) is 4.42. The predicted molar refractivity (Wildman–Crippen MR) is 78.6 cm³/mol. The molecule has 1 saturated heterocycles. The van der Waals surface area contributed by atoms with Crippen LogP contribution in [0.15, 0.2) is 18.3 Å². The van der Waals surface area contributed by atoms with Gasteiger partial charge in [0.2, 0.25) is 0 Å². The maximum atomic E-state index is 5.88. The Morgan fingerprint density at radius 1 is 1.47 bits per heavy atom. The summed E-state index contributed by atoms with van der Waals surface area (Å²) in [4.78, 5) is 6.88. The first-order valence-corrected chi connectivity index (χ1v) is 7.20. The van der Waals surface area contributed by atoms with Crippen LogP contribution in [0.3, 0.4) is 0 Å². The van der Waals surface area contributed by atoms with E-state index >= 15 is 0 Å². The van der Waals surface area contributed by atoms with Crippen molar-refractivity contribution in [2.24, 2.45) is 11.7 Å². The van der Waals surface area contributed by atoms with Crippen LogP contribution in [-0.2, 0) is 0 Å². The number of anilines is 1. The lowest BCUT2D eigenvalue weighted by atomic mass is 9.93. The molecule has 19 heavy (non-hydrogen) atoms. The molecule has 2 heterocycles. The Hall–Kier alpha value is -1.29. The number of hydrogen-bond acceptors (Lipinski definition) is 4. The first kappa shape index (κ1) is 14.1. The number of rotatable bonds is 4. The molecular weight excluding hydrogens is 238 g/mol. The Morgan fingerprint density at radius 3 is 2.95 bits per heavy atom. The van der Waals surface area contributed by atoms with E-state index in [-0.39, 0.29) is 6.10 Å². The van der Waals surface area contributed by atoms with Crippen LogP contribution in [0.25, 0.3) is 0 Å². The molecule has 0 saturated carbocycles. The fraction of sp³-hybridized carbons (Fsp3) is 0.667. The molecule has 0 bridgehead atoms. The molecule has 1 fully saturated rings. The highest BCUT2D eigenvalue weighted by Gasteiger charge is 2.27. The number of pyridine rings is 1. The van der Waals surface area contributed by atoms with Crippen molar-refractivity contribution in [3.05, 3.63) is 18.3 Å². The summed E-state index contributed by atoms with van der Waals surface area (Å²) in [6.07, 6.45) is 4.37. The average molecular weight is 263 g/mol. The first-order valence-electron chi connectivity index (χ1n) is 7.20. The molecule has 1 aliphatic heterocycles. The van der Waals surface area contributed by atoms with Crippen molar-refractivity contribution >= 4 is 5.82 Å². The van der Waals surface area contributed by atoms with E-state index < -0.39 is 0 Å². The van der Waals surface area contributed by atoms with Crippen LogP contribution in [0.2, 0.25) is 0 Å². The molecule has 0 aromatic carbocycles. The number of piperidine rings is 1. The molecule has 0 aliphatic carbocycles. The fourth-order valence-corrected chi connectivity index (χ4v) is 2.61. The molecule has 1 aliphatic rings. The molecule has 0 radical (unpaired) electrons. The van der Waals surface area contributed by atoms with Gasteiger partial charge in [0, 0.05) is 18.8 Å². The van der Waals surface area contributed by atoms with E-state index in [0.29, 0.717) is 12.0 Å². The minimum absolute atomic E-state index is 0.161. The Labute approximate surface area is 116 Å². The van der Waals surface area contributed by atoms with E-state index in [9.17, 15) is 0 Å². The largest absolute Gasteiger partial charge is 0.487 e. The summed E-state index contributed by atoms with van der Waals surface area (Å²) in [5.74, 6) is 2.40. The minimum Gasteiger partial charge on any atom is -0.487 e. The van der Waals surface area contributed by atoms with Gasteiger partial charge in [0.05, 0.1) is 6.10 Å². The van der Waals surface area contributed by atoms with Crippen LogP contribution in [-0.4, -0.2) is 30.2 Å². The summed E-state index contributed by atoms with van der Waals surface area (Å²) >= 11 is 0. The minimum atomic E-state index is 0.161. The lowest BCUT2D eigenvalue weighted by Crippen LogP contribution is -2.44. The number of ether oxygens (including phenoxy) is 1. The smallest absolute Gasteiger partial charge is 0.171 e. The Balaban J connectivity index is 2.23. The average Bonchev–Trinajstić information content (AvgIpc) is 2.40. The van der Waals surface area contributed by atoms with E-state index in [1.54, 1.807) is 0 Å². The maximum Gasteiger partial charge on any atom is 0.171 e. The molecule has 4 heteroatoms. The fourth-order valence-electron chi connectivity index (χ4n) is 2.61. The quantitative estimate of drug-likeness (QED) is 0.906. The van der Waals surface area contributed by atoms with Crippen LogP contribution in [0.4, 0.5) is 5.82 Å². The van der Waals surface area contributed by atoms with Gasteiger partial charge in [0.1, 0.15) is 0 Å². The highest BCUT2D eigenvalue weighted by Crippen LogP contribution is 2.32. The third kappa shape index (κ3) is 3.38. The summed E-state index contributed by atoms with van der Waals surface area (Å²) in [5, 5.41) is 0. The standard InChI is InChI=1S/C15H25N3O/c1-11(2)19-14-5-4-8-17-15(14)18-10-13(9-16)7-6-12(18)3/h4-5,8,11-13H,6-7,9-10,16H2,1-3H3. The van der Waals surface area contributed by atoms with Crippen LogP contribution in [0, 0.1) is 5.92 Å². The molecule has 0 amide bonds. The zero-order valence-corrected chi connectivity index (χ0v) is 12.2. The molecule has 4 nitrogen and oxygen atoms in total. The van der Waals surface area contributed by atoms with Gasteiger partial charge in [-0.15, -0.1) is 0 Å². The topological polar surface area (TPSA) is 51.4 Å². The number of hydrogen-bond donors (Lipinski definition) is 1. The Bertz CT molecular complexity index is 408. The molecule has 2 rings (SSSR count). The molecule has 1 aromatic heterocycles. The van der Waals surface area contributed by atoms with Gasteiger partial charge in [-0.2, -0.15) is 0 Å². The molecule has 106 valence electrons. The maximum absolute atomic E-state index is 5.88. The Morgan fingerprint density at radius 2 is 2.26 bits per heavy atom. The van der Waals surface area contributed by atoms with Gasteiger partial charge < -0.3 is 15.4 Å². The van der Waals surface area contributed by atoms with Crippen LogP contribution >= 0.6 is 0 Å². The molecule has 2 N–H and O–H groups in total. The molecule has 2 unspecified atom stereocenters. The lowest BCUT2D eigenvalue weighted by Gasteiger charge is -2.39. The third-order valence-corrected chi connectivity index (χ3v) is 3.70.